The van der Waals surface area contributed by atoms with Crippen molar-refractivity contribution in [1.29, 1.82) is 0 Å². The Balaban J connectivity index is 1.18. The quantitative estimate of drug-likeness (QED) is 0.172. The fourth-order valence-corrected chi connectivity index (χ4v) is 9.46. The maximum atomic E-state index is 6.70. The summed E-state index contributed by atoms with van der Waals surface area (Å²) in [5.41, 5.74) is 12.0. The minimum atomic E-state index is 0.888. The Morgan fingerprint density at radius 2 is 0.618 bits per heavy atom. The molecule has 0 atom stereocenters. The molecule has 10 aromatic carbocycles. The molecule has 254 valence electrons. The van der Waals surface area contributed by atoms with Gasteiger partial charge in [0.05, 0.1) is 0 Å². The van der Waals surface area contributed by atoms with Gasteiger partial charge in [-0.1, -0.05) is 146 Å². The van der Waals surface area contributed by atoms with Gasteiger partial charge in [0.15, 0.2) is 0 Å². The number of para-hydroxylation sites is 6. The van der Waals surface area contributed by atoms with Crippen molar-refractivity contribution in [3.05, 3.63) is 170 Å². The summed E-state index contributed by atoms with van der Waals surface area (Å²) in [6.07, 6.45) is 0. The zero-order valence-electron chi connectivity index (χ0n) is 29.4. The van der Waals surface area contributed by atoms with Crippen molar-refractivity contribution < 1.29 is 13.3 Å². The van der Waals surface area contributed by atoms with Gasteiger partial charge in [0.1, 0.15) is 33.5 Å². The minimum Gasteiger partial charge on any atom is -0.455 e. The first-order valence-electron chi connectivity index (χ1n) is 18.7. The van der Waals surface area contributed by atoms with Crippen molar-refractivity contribution >= 4 is 98.1 Å². The standard InChI is InChI=1S/C52H28O3/c1-4-19-45-31(10-1)38-14-7-13-37(50(38)53-45)30-24-22-29-23-25-35-43(41-17-8-15-39-32-11-2-5-20-46(32)54-51(39)41)28-44(36-27-26-34(30)48(29)49(35)36)42-18-9-16-40-33-12-3-6-21-47(33)55-52(40)42/h1-28H. The molecule has 0 unspecified atom stereocenters. The van der Waals surface area contributed by atoms with E-state index in [2.05, 4.69) is 152 Å². The molecule has 3 nitrogen and oxygen atoms in total. The first kappa shape index (κ1) is 29.1. The molecular formula is C52H28O3. The van der Waals surface area contributed by atoms with Crippen LogP contribution in [-0.4, -0.2) is 0 Å². The Morgan fingerprint density at radius 1 is 0.236 bits per heavy atom. The lowest BCUT2D eigenvalue weighted by Gasteiger charge is -2.19. The summed E-state index contributed by atoms with van der Waals surface area (Å²) in [5.74, 6) is 0. The van der Waals surface area contributed by atoms with E-state index in [0.29, 0.717) is 0 Å². The molecule has 3 heteroatoms. The van der Waals surface area contributed by atoms with Crippen molar-refractivity contribution in [2.45, 2.75) is 0 Å². The summed E-state index contributed by atoms with van der Waals surface area (Å²) in [6.45, 7) is 0. The zero-order chi connectivity index (χ0) is 35.8. The van der Waals surface area contributed by atoms with Gasteiger partial charge in [-0.3, -0.25) is 0 Å². The van der Waals surface area contributed by atoms with Crippen LogP contribution < -0.4 is 0 Å². The highest BCUT2D eigenvalue weighted by atomic mass is 16.3. The van der Waals surface area contributed by atoms with Gasteiger partial charge in [-0.2, -0.15) is 0 Å². The molecule has 55 heavy (non-hydrogen) atoms. The van der Waals surface area contributed by atoms with Crippen molar-refractivity contribution in [2.75, 3.05) is 0 Å². The normalized spacial score (nSPS) is 12.4. The van der Waals surface area contributed by atoms with Gasteiger partial charge in [0.25, 0.3) is 0 Å². The summed E-state index contributed by atoms with van der Waals surface area (Å²) in [7, 11) is 0. The minimum absolute atomic E-state index is 0.888. The second-order valence-electron chi connectivity index (χ2n) is 14.7. The molecule has 0 aliphatic carbocycles. The highest BCUT2D eigenvalue weighted by Crippen LogP contribution is 2.50. The van der Waals surface area contributed by atoms with E-state index < -0.39 is 0 Å². The zero-order valence-corrected chi connectivity index (χ0v) is 29.4. The van der Waals surface area contributed by atoms with Crippen LogP contribution in [0.15, 0.2) is 183 Å². The van der Waals surface area contributed by atoms with E-state index in [1.54, 1.807) is 0 Å². The summed E-state index contributed by atoms with van der Waals surface area (Å²) in [6, 6.07) is 60.6. The predicted molar refractivity (Wildman–Crippen MR) is 228 cm³/mol. The largest absolute Gasteiger partial charge is 0.455 e. The van der Waals surface area contributed by atoms with Crippen molar-refractivity contribution in [2.24, 2.45) is 0 Å². The first-order chi connectivity index (χ1) is 27.3. The molecule has 3 aromatic heterocycles. The topological polar surface area (TPSA) is 39.4 Å². The third-order valence-electron chi connectivity index (χ3n) is 11.9. The van der Waals surface area contributed by atoms with Crippen LogP contribution in [0, 0.1) is 0 Å². The number of hydrogen-bond acceptors (Lipinski definition) is 3. The van der Waals surface area contributed by atoms with Crippen LogP contribution in [0.3, 0.4) is 0 Å². The summed E-state index contributed by atoms with van der Waals surface area (Å²) in [5, 5.41) is 13.9. The molecule has 0 saturated carbocycles. The molecule has 0 aliphatic rings. The van der Waals surface area contributed by atoms with Crippen LogP contribution >= 0.6 is 0 Å². The number of furan rings is 3. The summed E-state index contributed by atoms with van der Waals surface area (Å²) >= 11 is 0. The fraction of sp³-hybridized carbons (Fsp3) is 0. The average molecular weight is 701 g/mol. The van der Waals surface area contributed by atoms with Crippen molar-refractivity contribution in [3.63, 3.8) is 0 Å². The van der Waals surface area contributed by atoms with Gasteiger partial charge >= 0.3 is 0 Å². The van der Waals surface area contributed by atoms with E-state index >= 15 is 0 Å². The molecule has 0 saturated heterocycles. The summed E-state index contributed by atoms with van der Waals surface area (Å²) < 4.78 is 20.0. The van der Waals surface area contributed by atoms with E-state index in [-0.39, 0.29) is 0 Å². The molecule has 0 amide bonds. The molecule has 13 aromatic rings. The smallest absolute Gasteiger partial charge is 0.143 e. The fourth-order valence-electron chi connectivity index (χ4n) is 9.46. The highest BCUT2D eigenvalue weighted by molar-refractivity contribution is 6.32. The van der Waals surface area contributed by atoms with Crippen LogP contribution in [0.25, 0.3) is 132 Å². The third-order valence-corrected chi connectivity index (χ3v) is 11.9. The molecule has 0 spiro atoms. The molecule has 0 radical (unpaired) electrons. The van der Waals surface area contributed by atoms with E-state index in [1.165, 1.54) is 32.3 Å². The third kappa shape index (κ3) is 3.89. The first-order valence-corrected chi connectivity index (χ1v) is 18.7. The molecule has 0 fully saturated rings. The second-order valence-corrected chi connectivity index (χ2v) is 14.7. The molecule has 0 aliphatic heterocycles. The Labute approximate surface area is 313 Å². The highest BCUT2D eigenvalue weighted by Gasteiger charge is 2.23. The van der Waals surface area contributed by atoms with Crippen LogP contribution in [0.4, 0.5) is 0 Å². The van der Waals surface area contributed by atoms with Gasteiger partial charge in [0, 0.05) is 49.0 Å². The van der Waals surface area contributed by atoms with E-state index in [1.807, 2.05) is 18.2 Å². The van der Waals surface area contributed by atoms with Crippen LogP contribution in [0.5, 0.6) is 0 Å². The van der Waals surface area contributed by atoms with Crippen LogP contribution in [-0.2, 0) is 0 Å². The lowest BCUT2D eigenvalue weighted by atomic mass is 9.83. The lowest BCUT2D eigenvalue weighted by Crippen LogP contribution is -1.93. The Kier molecular flexibility index (Phi) is 5.63. The number of benzene rings is 10. The van der Waals surface area contributed by atoms with Gasteiger partial charge in [-0.25, -0.2) is 0 Å². The SMILES string of the molecule is c1ccc2c(c1)oc1c(-c3ccc4ccc5c(-c6cccc7c6oc6ccccc67)cc(-c6cccc7c6oc6ccccc67)c6ccc3c4c56)cccc12. The maximum absolute atomic E-state index is 6.70. The predicted octanol–water partition coefficient (Wildman–Crippen LogP) is 15.3. The lowest BCUT2D eigenvalue weighted by molar-refractivity contribution is 0.669. The molecule has 0 N–H and O–H groups in total. The monoisotopic (exact) mass is 700 g/mol. The van der Waals surface area contributed by atoms with Gasteiger partial charge < -0.3 is 13.3 Å². The van der Waals surface area contributed by atoms with Gasteiger partial charge in [-0.15, -0.1) is 0 Å². The maximum Gasteiger partial charge on any atom is 0.143 e. The van der Waals surface area contributed by atoms with E-state index in [9.17, 15) is 0 Å². The van der Waals surface area contributed by atoms with E-state index in [0.717, 1.165) is 99.2 Å². The molecule has 3 heterocycles. The van der Waals surface area contributed by atoms with Gasteiger partial charge in [-0.05, 0) is 73.3 Å². The number of rotatable bonds is 3. The van der Waals surface area contributed by atoms with Crippen molar-refractivity contribution in [3.8, 4) is 33.4 Å². The second kappa shape index (κ2) is 10.6. The Hall–Kier alpha value is -7.36. The Bertz CT molecular complexity index is 3590. The number of fused-ring (bicyclic) bond motifs is 9. The molecular weight excluding hydrogens is 673 g/mol. The van der Waals surface area contributed by atoms with Crippen molar-refractivity contribution in [1.82, 2.24) is 0 Å². The average Bonchev–Trinajstić information content (AvgIpc) is 3.94. The van der Waals surface area contributed by atoms with Crippen LogP contribution in [0.1, 0.15) is 0 Å². The van der Waals surface area contributed by atoms with Crippen LogP contribution in [0.2, 0.25) is 0 Å². The molecule has 0 bridgehead atoms. The van der Waals surface area contributed by atoms with Gasteiger partial charge in [0.2, 0.25) is 0 Å². The molecule has 13 rings (SSSR count). The number of hydrogen-bond donors (Lipinski definition) is 0. The van der Waals surface area contributed by atoms with E-state index in [4.69, 9.17) is 13.3 Å². The summed E-state index contributed by atoms with van der Waals surface area (Å²) in [4.78, 5) is 0. The Morgan fingerprint density at radius 3 is 1.11 bits per heavy atom.